The third-order valence-electron chi connectivity index (χ3n) is 5.88. The Morgan fingerprint density at radius 1 is 1.26 bits per heavy atom. The first-order valence-corrected chi connectivity index (χ1v) is 12.3. The predicted octanol–water partition coefficient (Wildman–Crippen LogP) is 6.30. The maximum absolute atomic E-state index is 15.5. The standard InChI is InChI=1S/C26H30BrClFN3O2/c1-24(2,3)12-19-26(14-30,18-11-10-15(27)13-31-18)20(16-8-7-9-17(28)21(16)29)22(32-19)23(33)34-25(4,5)6/h7-11,13,19-20,22,32H,12H2,1-6H3/t19-,20-,22+,26-/m0/s1. The molecule has 0 saturated carbocycles. The molecule has 1 saturated heterocycles. The summed E-state index contributed by atoms with van der Waals surface area (Å²) in [6.07, 6.45) is 2.14. The van der Waals surface area contributed by atoms with Crippen LogP contribution in [0.4, 0.5) is 4.39 Å². The van der Waals surface area contributed by atoms with Crippen molar-refractivity contribution in [2.45, 2.75) is 77.0 Å². The largest absolute Gasteiger partial charge is 0.459 e. The van der Waals surface area contributed by atoms with Gasteiger partial charge in [-0.05, 0) is 72.3 Å². The van der Waals surface area contributed by atoms with E-state index in [-0.39, 0.29) is 16.0 Å². The molecule has 34 heavy (non-hydrogen) atoms. The molecule has 5 nitrogen and oxygen atoms in total. The SMILES string of the molecule is CC(C)(C)C[C@@H]1N[C@@H](C(=O)OC(C)(C)C)[C@H](c2cccc(Cl)c2F)[C@@]1(C#N)c1ccc(Br)cn1. The molecule has 1 aromatic carbocycles. The number of hydrogen-bond acceptors (Lipinski definition) is 5. The minimum absolute atomic E-state index is 0.0738. The molecular weight excluding hydrogens is 521 g/mol. The van der Waals surface area contributed by atoms with Gasteiger partial charge in [0.2, 0.25) is 0 Å². The summed E-state index contributed by atoms with van der Waals surface area (Å²) in [5.74, 6) is -2.13. The summed E-state index contributed by atoms with van der Waals surface area (Å²) in [5, 5.41) is 14.1. The van der Waals surface area contributed by atoms with Gasteiger partial charge in [-0.15, -0.1) is 0 Å². The lowest BCUT2D eigenvalue weighted by atomic mass is 9.64. The highest BCUT2D eigenvalue weighted by Gasteiger charge is 2.61. The van der Waals surface area contributed by atoms with Crippen molar-refractivity contribution in [1.82, 2.24) is 10.3 Å². The van der Waals surface area contributed by atoms with Gasteiger partial charge in [0.15, 0.2) is 0 Å². The van der Waals surface area contributed by atoms with Crippen LogP contribution in [0.25, 0.3) is 0 Å². The van der Waals surface area contributed by atoms with Crippen LogP contribution in [0.1, 0.15) is 65.1 Å². The van der Waals surface area contributed by atoms with Gasteiger partial charge >= 0.3 is 5.97 Å². The number of hydrogen-bond donors (Lipinski definition) is 1. The first-order chi connectivity index (χ1) is 15.7. The van der Waals surface area contributed by atoms with Gasteiger partial charge in [0.25, 0.3) is 0 Å². The highest BCUT2D eigenvalue weighted by molar-refractivity contribution is 9.10. The van der Waals surface area contributed by atoms with E-state index in [1.54, 1.807) is 51.2 Å². The van der Waals surface area contributed by atoms with Gasteiger partial charge < -0.3 is 4.74 Å². The van der Waals surface area contributed by atoms with E-state index < -0.39 is 40.8 Å². The van der Waals surface area contributed by atoms with Gasteiger partial charge in [0.05, 0.1) is 16.8 Å². The van der Waals surface area contributed by atoms with E-state index >= 15 is 4.39 Å². The highest BCUT2D eigenvalue weighted by Crippen LogP contribution is 2.51. The van der Waals surface area contributed by atoms with Crippen molar-refractivity contribution < 1.29 is 13.9 Å². The average Bonchev–Trinajstić information content (AvgIpc) is 3.02. The summed E-state index contributed by atoms with van der Waals surface area (Å²) in [6.45, 7) is 11.5. The molecular formula is C26H30BrClFN3O2. The number of nitriles is 1. The van der Waals surface area contributed by atoms with Gasteiger partial charge in [-0.3, -0.25) is 15.1 Å². The van der Waals surface area contributed by atoms with Crippen LogP contribution < -0.4 is 5.32 Å². The Hall–Kier alpha value is -2.01. The zero-order chi connectivity index (χ0) is 25.5. The van der Waals surface area contributed by atoms with Crippen molar-refractivity contribution in [1.29, 1.82) is 5.26 Å². The Balaban J connectivity index is 2.32. The maximum Gasteiger partial charge on any atom is 0.324 e. The average molecular weight is 551 g/mol. The summed E-state index contributed by atoms with van der Waals surface area (Å²) >= 11 is 9.55. The molecule has 0 bridgehead atoms. The van der Waals surface area contributed by atoms with Crippen LogP contribution in [-0.4, -0.2) is 28.6 Å². The minimum Gasteiger partial charge on any atom is -0.459 e. The third-order valence-corrected chi connectivity index (χ3v) is 6.65. The Bertz CT molecular complexity index is 1100. The topological polar surface area (TPSA) is 75.0 Å². The van der Waals surface area contributed by atoms with Gasteiger partial charge in [-0.25, -0.2) is 4.39 Å². The number of carbonyl (C=O) groups excluding carboxylic acids is 1. The number of nitrogens with one attached hydrogen (secondary N) is 1. The maximum atomic E-state index is 15.5. The summed E-state index contributed by atoms with van der Waals surface area (Å²) in [5.41, 5.74) is -1.69. The zero-order valence-corrected chi connectivity index (χ0v) is 22.6. The molecule has 0 spiro atoms. The van der Waals surface area contributed by atoms with Crippen LogP contribution in [0.3, 0.4) is 0 Å². The van der Waals surface area contributed by atoms with Crippen molar-refractivity contribution in [3.63, 3.8) is 0 Å². The Morgan fingerprint density at radius 3 is 2.47 bits per heavy atom. The molecule has 8 heteroatoms. The van der Waals surface area contributed by atoms with Crippen LogP contribution in [0.5, 0.6) is 0 Å². The van der Waals surface area contributed by atoms with Gasteiger partial charge in [0.1, 0.15) is 22.9 Å². The lowest BCUT2D eigenvalue weighted by molar-refractivity contribution is -0.157. The van der Waals surface area contributed by atoms with E-state index in [2.05, 4.69) is 53.1 Å². The lowest BCUT2D eigenvalue weighted by Crippen LogP contribution is -2.44. The van der Waals surface area contributed by atoms with Crippen molar-refractivity contribution >= 4 is 33.5 Å². The smallest absolute Gasteiger partial charge is 0.324 e. The van der Waals surface area contributed by atoms with Crippen LogP contribution in [0.15, 0.2) is 41.0 Å². The summed E-state index contributed by atoms with van der Waals surface area (Å²) in [4.78, 5) is 18.0. The van der Waals surface area contributed by atoms with Gasteiger partial charge in [-0.1, -0.05) is 44.5 Å². The number of ether oxygens (including phenoxy) is 1. The predicted molar refractivity (Wildman–Crippen MR) is 134 cm³/mol. The van der Waals surface area contributed by atoms with E-state index in [0.717, 1.165) is 4.47 Å². The van der Waals surface area contributed by atoms with Crippen LogP contribution in [-0.2, 0) is 14.9 Å². The molecule has 2 heterocycles. The van der Waals surface area contributed by atoms with Crippen LogP contribution in [0.2, 0.25) is 5.02 Å². The minimum atomic E-state index is -1.36. The van der Waals surface area contributed by atoms with E-state index in [0.29, 0.717) is 12.1 Å². The van der Waals surface area contributed by atoms with Crippen molar-refractivity contribution in [3.8, 4) is 6.07 Å². The molecule has 3 rings (SSSR count). The van der Waals surface area contributed by atoms with Gasteiger partial charge in [-0.2, -0.15) is 5.26 Å². The van der Waals surface area contributed by atoms with E-state index in [1.165, 1.54) is 6.07 Å². The van der Waals surface area contributed by atoms with Crippen LogP contribution in [0, 0.1) is 22.6 Å². The molecule has 1 fully saturated rings. The Morgan fingerprint density at radius 2 is 1.94 bits per heavy atom. The zero-order valence-electron chi connectivity index (χ0n) is 20.2. The first-order valence-electron chi connectivity index (χ1n) is 11.2. The number of halogens is 3. The second-order valence-corrected chi connectivity index (χ2v) is 12.3. The Labute approximate surface area is 214 Å². The number of aromatic nitrogens is 1. The molecule has 0 unspecified atom stereocenters. The van der Waals surface area contributed by atoms with Gasteiger partial charge in [0, 0.05) is 22.6 Å². The fourth-order valence-corrected chi connectivity index (χ4v) is 5.09. The lowest BCUT2D eigenvalue weighted by Gasteiger charge is -2.36. The molecule has 4 atom stereocenters. The number of nitrogens with zero attached hydrogens (tertiary/aromatic N) is 2. The number of rotatable bonds is 4. The first kappa shape index (κ1) is 26.6. The molecule has 0 aliphatic carbocycles. The number of carbonyl (C=O) groups is 1. The molecule has 0 radical (unpaired) electrons. The quantitative estimate of drug-likeness (QED) is 0.452. The van der Waals surface area contributed by atoms with E-state index in [4.69, 9.17) is 16.3 Å². The molecule has 0 amide bonds. The third kappa shape index (κ3) is 5.30. The van der Waals surface area contributed by atoms with Crippen molar-refractivity contribution in [3.05, 3.63) is 63.1 Å². The van der Waals surface area contributed by atoms with E-state index in [1.807, 2.05) is 0 Å². The Kier molecular flexibility index (Phi) is 7.48. The fraction of sp³-hybridized carbons (Fsp3) is 0.500. The monoisotopic (exact) mass is 549 g/mol. The van der Waals surface area contributed by atoms with Crippen LogP contribution >= 0.6 is 27.5 Å². The van der Waals surface area contributed by atoms with Crippen molar-refractivity contribution in [2.24, 2.45) is 5.41 Å². The van der Waals surface area contributed by atoms with E-state index in [9.17, 15) is 10.1 Å². The highest BCUT2D eigenvalue weighted by atomic mass is 79.9. The second-order valence-electron chi connectivity index (χ2n) is 11.0. The number of esters is 1. The molecule has 2 aromatic rings. The molecule has 1 aliphatic heterocycles. The number of pyridine rings is 1. The van der Waals surface area contributed by atoms with Crippen molar-refractivity contribution in [2.75, 3.05) is 0 Å². The fourth-order valence-electron chi connectivity index (χ4n) is 4.67. The molecule has 182 valence electrons. The summed E-state index contributed by atoms with van der Waals surface area (Å²) in [7, 11) is 0. The molecule has 1 aliphatic rings. The molecule has 1 aromatic heterocycles. The molecule has 1 N–H and O–H groups in total. The summed E-state index contributed by atoms with van der Waals surface area (Å²) in [6, 6.07) is 9.18. The number of benzene rings is 1. The summed E-state index contributed by atoms with van der Waals surface area (Å²) < 4.78 is 22.0. The normalized spacial score (nSPS) is 25.1. The second kappa shape index (κ2) is 9.56.